The number of anilines is 1. The average Bonchev–Trinajstić information content (AvgIpc) is 2.88. The van der Waals surface area contributed by atoms with E-state index in [-0.39, 0.29) is 17.2 Å². The molecule has 3 rings (SSSR count). The Morgan fingerprint density at radius 1 is 0.958 bits per heavy atom. The largest absolute Gasteiger partial charge is 0.311 e. The Bertz CT molecular complexity index is 843. The lowest BCUT2D eigenvalue weighted by molar-refractivity contribution is -0.117. The van der Waals surface area contributed by atoms with Gasteiger partial charge in [0.1, 0.15) is 0 Å². The van der Waals surface area contributed by atoms with Crippen molar-refractivity contribution in [3.8, 4) is 0 Å². The first-order valence-corrected chi connectivity index (χ1v) is 9.29. The topological polar surface area (TPSA) is 66.5 Å². The van der Waals surface area contributed by atoms with Crippen LogP contribution in [0.2, 0.25) is 0 Å². The van der Waals surface area contributed by atoms with Gasteiger partial charge in [0, 0.05) is 24.7 Å². The highest BCUT2D eigenvalue weighted by molar-refractivity contribution is 7.89. The van der Waals surface area contributed by atoms with Crippen LogP contribution in [-0.2, 0) is 14.8 Å². The van der Waals surface area contributed by atoms with Crippen LogP contribution in [0.5, 0.6) is 0 Å². The molecule has 126 valence electrons. The van der Waals surface area contributed by atoms with Gasteiger partial charge in [0.15, 0.2) is 0 Å². The van der Waals surface area contributed by atoms with Gasteiger partial charge in [-0.05, 0) is 38.1 Å². The van der Waals surface area contributed by atoms with Gasteiger partial charge < -0.3 is 4.90 Å². The number of carbonyl (C=O) groups is 1. The Kier molecular flexibility index (Phi) is 4.43. The molecule has 1 atom stereocenters. The Morgan fingerprint density at radius 2 is 1.50 bits per heavy atom. The second-order valence-electron chi connectivity index (χ2n) is 6.18. The molecule has 0 radical (unpaired) electrons. The average molecular weight is 344 g/mol. The van der Waals surface area contributed by atoms with Crippen LogP contribution in [0.1, 0.15) is 17.5 Å². The maximum Gasteiger partial charge on any atom is 0.240 e. The second kappa shape index (κ2) is 6.37. The van der Waals surface area contributed by atoms with Crippen molar-refractivity contribution in [3.63, 3.8) is 0 Å². The molecule has 5 nitrogen and oxygen atoms in total. The van der Waals surface area contributed by atoms with E-state index in [9.17, 15) is 13.2 Å². The van der Waals surface area contributed by atoms with Crippen LogP contribution in [-0.4, -0.2) is 26.9 Å². The van der Waals surface area contributed by atoms with Gasteiger partial charge in [-0.15, -0.1) is 0 Å². The van der Waals surface area contributed by atoms with E-state index in [0.717, 1.165) is 16.8 Å². The number of hydrogen-bond acceptors (Lipinski definition) is 3. The van der Waals surface area contributed by atoms with Gasteiger partial charge in [-0.3, -0.25) is 4.79 Å². The molecule has 0 aliphatic carbocycles. The standard InChI is InChI=1S/C18H20N2O3S/c1-13-3-7-16(8-4-13)20-12-15(11-18(20)21)19-24(22,23)17-9-5-14(2)6-10-17/h3-10,15,19H,11-12H2,1-2H3/t15-/m0/s1. The number of carbonyl (C=O) groups excluding carboxylic acids is 1. The number of hydrogen-bond donors (Lipinski definition) is 1. The molecular weight excluding hydrogens is 324 g/mol. The third-order valence-corrected chi connectivity index (χ3v) is 5.66. The monoisotopic (exact) mass is 344 g/mol. The van der Waals surface area contributed by atoms with Gasteiger partial charge >= 0.3 is 0 Å². The predicted molar refractivity (Wildman–Crippen MR) is 93.4 cm³/mol. The highest BCUT2D eigenvalue weighted by Gasteiger charge is 2.33. The van der Waals surface area contributed by atoms with Crippen LogP contribution in [0.4, 0.5) is 5.69 Å². The maximum absolute atomic E-state index is 12.5. The molecule has 1 saturated heterocycles. The number of sulfonamides is 1. The smallest absolute Gasteiger partial charge is 0.240 e. The van der Waals surface area contributed by atoms with Crippen molar-refractivity contribution in [2.45, 2.75) is 31.2 Å². The summed E-state index contributed by atoms with van der Waals surface area (Å²) in [4.78, 5) is 14.1. The lowest BCUT2D eigenvalue weighted by Crippen LogP contribution is -2.37. The Balaban J connectivity index is 1.74. The molecule has 0 unspecified atom stereocenters. The molecule has 1 aliphatic rings. The lowest BCUT2D eigenvalue weighted by atomic mass is 10.2. The van der Waals surface area contributed by atoms with Crippen LogP contribution in [0.25, 0.3) is 0 Å². The minimum Gasteiger partial charge on any atom is -0.311 e. The van der Waals surface area contributed by atoms with Crippen LogP contribution in [0.3, 0.4) is 0 Å². The number of rotatable bonds is 4. The summed E-state index contributed by atoms with van der Waals surface area (Å²) in [6.07, 6.45) is 0.166. The molecule has 0 bridgehead atoms. The van der Waals surface area contributed by atoms with Gasteiger partial charge in [-0.25, -0.2) is 13.1 Å². The third kappa shape index (κ3) is 3.49. The van der Waals surface area contributed by atoms with E-state index in [1.54, 1.807) is 29.2 Å². The molecule has 1 amide bonds. The minimum absolute atomic E-state index is 0.0736. The predicted octanol–water partition coefficient (Wildman–Crippen LogP) is 2.39. The molecule has 0 aromatic heterocycles. The number of aryl methyl sites for hydroxylation is 2. The van der Waals surface area contributed by atoms with Crippen molar-refractivity contribution >= 4 is 21.6 Å². The van der Waals surface area contributed by atoms with E-state index in [1.165, 1.54) is 0 Å². The minimum atomic E-state index is -3.63. The van der Waals surface area contributed by atoms with Gasteiger partial charge in [-0.1, -0.05) is 35.4 Å². The van der Waals surface area contributed by atoms with E-state index in [2.05, 4.69) is 4.72 Å². The van der Waals surface area contributed by atoms with Crippen molar-refractivity contribution in [2.75, 3.05) is 11.4 Å². The molecule has 24 heavy (non-hydrogen) atoms. The van der Waals surface area contributed by atoms with Gasteiger partial charge in [0.25, 0.3) is 0 Å². The Morgan fingerprint density at radius 3 is 2.08 bits per heavy atom. The first-order valence-electron chi connectivity index (χ1n) is 7.81. The van der Waals surface area contributed by atoms with Crippen molar-refractivity contribution in [2.24, 2.45) is 0 Å². The number of amides is 1. The van der Waals surface area contributed by atoms with Gasteiger partial charge in [0.2, 0.25) is 15.9 Å². The molecule has 1 heterocycles. The van der Waals surface area contributed by atoms with Crippen LogP contribution in [0, 0.1) is 13.8 Å². The normalized spacial score (nSPS) is 18.2. The molecule has 2 aromatic carbocycles. The van der Waals surface area contributed by atoms with Crippen molar-refractivity contribution < 1.29 is 13.2 Å². The SMILES string of the molecule is Cc1ccc(N2C[C@@H](NS(=O)(=O)c3ccc(C)cc3)CC2=O)cc1. The fourth-order valence-electron chi connectivity index (χ4n) is 2.77. The summed E-state index contributed by atoms with van der Waals surface area (Å²) < 4.78 is 27.5. The summed E-state index contributed by atoms with van der Waals surface area (Å²) in [6.45, 7) is 4.22. The van der Waals surface area contributed by atoms with E-state index in [4.69, 9.17) is 0 Å². The lowest BCUT2D eigenvalue weighted by Gasteiger charge is -2.17. The quantitative estimate of drug-likeness (QED) is 0.926. The zero-order valence-corrected chi connectivity index (χ0v) is 14.5. The Hall–Kier alpha value is -2.18. The molecule has 1 N–H and O–H groups in total. The van der Waals surface area contributed by atoms with Crippen LogP contribution in [0.15, 0.2) is 53.4 Å². The number of benzene rings is 2. The van der Waals surface area contributed by atoms with Crippen molar-refractivity contribution in [3.05, 3.63) is 59.7 Å². The third-order valence-electron chi connectivity index (χ3n) is 4.12. The summed E-state index contributed by atoms with van der Waals surface area (Å²) in [6, 6.07) is 13.9. The highest BCUT2D eigenvalue weighted by atomic mass is 32.2. The Labute approximate surface area is 142 Å². The first kappa shape index (κ1) is 16.7. The molecule has 0 spiro atoms. The molecule has 1 aliphatic heterocycles. The van der Waals surface area contributed by atoms with Gasteiger partial charge in [0.05, 0.1) is 4.90 Å². The number of nitrogens with zero attached hydrogens (tertiary/aromatic N) is 1. The summed E-state index contributed by atoms with van der Waals surface area (Å²) in [5, 5.41) is 0. The van der Waals surface area contributed by atoms with Crippen LogP contribution >= 0.6 is 0 Å². The summed E-state index contributed by atoms with van der Waals surface area (Å²) in [5.41, 5.74) is 2.90. The van der Waals surface area contributed by atoms with Crippen LogP contribution < -0.4 is 9.62 Å². The number of nitrogens with one attached hydrogen (secondary N) is 1. The summed E-state index contributed by atoms with van der Waals surface area (Å²) in [7, 11) is -3.63. The summed E-state index contributed by atoms with van der Waals surface area (Å²) in [5.74, 6) is -0.0736. The molecular formula is C18H20N2O3S. The van der Waals surface area contributed by atoms with Gasteiger partial charge in [-0.2, -0.15) is 0 Å². The second-order valence-corrected chi connectivity index (χ2v) is 7.89. The van der Waals surface area contributed by atoms with E-state index >= 15 is 0 Å². The zero-order chi connectivity index (χ0) is 17.3. The molecule has 6 heteroatoms. The molecule has 2 aromatic rings. The van der Waals surface area contributed by atoms with Crippen molar-refractivity contribution in [1.82, 2.24) is 4.72 Å². The first-order chi connectivity index (χ1) is 11.3. The van der Waals surface area contributed by atoms with E-state index in [0.29, 0.717) is 6.54 Å². The fraction of sp³-hybridized carbons (Fsp3) is 0.278. The maximum atomic E-state index is 12.5. The zero-order valence-electron chi connectivity index (χ0n) is 13.7. The molecule has 0 saturated carbocycles. The van der Waals surface area contributed by atoms with E-state index < -0.39 is 16.1 Å². The highest BCUT2D eigenvalue weighted by Crippen LogP contribution is 2.23. The molecule has 1 fully saturated rings. The van der Waals surface area contributed by atoms with E-state index in [1.807, 2.05) is 38.1 Å². The summed E-state index contributed by atoms with van der Waals surface area (Å²) >= 11 is 0. The van der Waals surface area contributed by atoms with Crippen molar-refractivity contribution in [1.29, 1.82) is 0 Å². The fourth-order valence-corrected chi connectivity index (χ4v) is 3.99.